The lowest BCUT2D eigenvalue weighted by molar-refractivity contribution is -0.141. The Morgan fingerprint density at radius 2 is 2.05 bits per heavy atom. The van der Waals surface area contributed by atoms with Gasteiger partial charge in [0.2, 0.25) is 5.91 Å². The molecule has 1 atom stereocenters. The van der Waals surface area contributed by atoms with Crippen LogP contribution >= 0.6 is 15.9 Å². The average Bonchev–Trinajstić information content (AvgIpc) is 2.31. The fraction of sp³-hybridized carbons (Fsp3) is 0.385. The highest BCUT2D eigenvalue weighted by Gasteiger charge is 2.15. The van der Waals surface area contributed by atoms with E-state index < -0.39 is 11.9 Å². The van der Waals surface area contributed by atoms with Crippen molar-refractivity contribution < 1.29 is 14.7 Å². The lowest BCUT2D eigenvalue weighted by atomic mass is 10.2. The van der Waals surface area contributed by atoms with Crippen molar-refractivity contribution in [3.05, 3.63) is 28.7 Å². The van der Waals surface area contributed by atoms with E-state index in [2.05, 4.69) is 21.2 Å². The van der Waals surface area contributed by atoms with E-state index in [4.69, 9.17) is 5.11 Å². The molecular weight excluding hydrogens is 312 g/mol. The second-order valence-corrected chi connectivity index (χ2v) is 5.32. The lowest BCUT2D eigenvalue weighted by Gasteiger charge is -2.18. The van der Waals surface area contributed by atoms with E-state index >= 15 is 0 Å². The first-order valence-corrected chi connectivity index (χ1v) is 6.65. The van der Waals surface area contributed by atoms with E-state index in [0.29, 0.717) is 12.2 Å². The van der Waals surface area contributed by atoms with Gasteiger partial charge in [0.05, 0.1) is 18.2 Å². The van der Waals surface area contributed by atoms with Gasteiger partial charge in [-0.3, -0.25) is 14.5 Å². The van der Waals surface area contributed by atoms with Crippen LogP contribution in [0.2, 0.25) is 0 Å². The summed E-state index contributed by atoms with van der Waals surface area (Å²) in [6, 6.07) is 7.32. The largest absolute Gasteiger partial charge is 0.481 e. The molecule has 0 aliphatic rings. The number of carbonyl (C=O) groups is 2. The second-order valence-electron chi connectivity index (χ2n) is 4.46. The van der Waals surface area contributed by atoms with Gasteiger partial charge in [0.25, 0.3) is 0 Å². The number of carbonyl (C=O) groups excluding carboxylic acids is 1. The Morgan fingerprint density at radius 3 is 2.63 bits per heavy atom. The number of nitrogens with one attached hydrogen (secondary N) is 1. The monoisotopic (exact) mass is 328 g/mol. The number of nitrogens with zero attached hydrogens (tertiary/aromatic N) is 1. The normalized spacial score (nSPS) is 12.2. The molecule has 0 aromatic heterocycles. The zero-order valence-corrected chi connectivity index (χ0v) is 12.5. The summed E-state index contributed by atoms with van der Waals surface area (Å²) in [6.45, 7) is 2.10. The molecule has 0 saturated heterocycles. The van der Waals surface area contributed by atoms with Crippen LogP contribution in [0.5, 0.6) is 0 Å². The number of carboxylic acid groups (broad SMARTS) is 1. The van der Waals surface area contributed by atoms with Crippen LogP contribution < -0.4 is 5.32 Å². The summed E-state index contributed by atoms with van der Waals surface area (Å²) in [5, 5.41) is 11.6. The van der Waals surface area contributed by atoms with Crippen molar-refractivity contribution in [2.75, 3.05) is 25.5 Å². The van der Waals surface area contributed by atoms with Crippen molar-refractivity contribution in [1.29, 1.82) is 0 Å². The zero-order valence-electron chi connectivity index (χ0n) is 10.9. The Bertz CT molecular complexity index is 465. The molecule has 1 unspecified atom stereocenters. The van der Waals surface area contributed by atoms with E-state index in [9.17, 15) is 9.59 Å². The van der Waals surface area contributed by atoms with Gasteiger partial charge in [-0.25, -0.2) is 0 Å². The van der Waals surface area contributed by atoms with Gasteiger partial charge in [-0.1, -0.05) is 19.1 Å². The molecule has 104 valence electrons. The van der Waals surface area contributed by atoms with Crippen molar-refractivity contribution in [1.82, 2.24) is 4.90 Å². The summed E-state index contributed by atoms with van der Waals surface area (Å²) >= 11 is 3.34. The van der Waals surface area contributed by atoms with Crippen LogP contribution in [0.15, 0.2) is 28.7 Å². The minimum absolute atomic E-state index is 0.152. The number of likely N-dealkylation sites (N-methyl/N-ethyl adjacent to an activating group) is 1. The van der Waals surface area contributed by atoms with Crippen LogP contribution in [-0.2, 0) is 9.59 Å². The van der Waals surface area contributed by atoms with Crippen LogP contribution in [0.3, 0.4) is 0 Å². The highest BCUT2D eigenvalue weighted by atomic mass is 79.9. The number of hydrogen-bond acceptors (Lipinski definition) is 3. The molecule has 6 heteroatoms. The number of halogens is 1. The molecule has 0 heterocycles. The smallest absolute Gasteiger partial charge is 0.307 e. The Morgan fingerprint density at radius 1 is 1.42 bits per heavy atom. The standard InChI is InChI=1S/C13H17BrN2O3/c1-9(13(18)19)7-16(2)8-12(17)15-11-6-4-3-5-10(11)14/h3-6,9H,7-8H2,1-2H3,(H,15,17)(H,18,19). The van der Waals surface area contributed by atoms with Crippen molar-refractivity contribution in [3.8, 4) is 0 Å². The van der Waals surface area contributed by atoms with Crippen LogP contribution in [-0.4, -0.2) is 42.0 Å². The summed E-state index contributed by atoms with van der Waals surface area (Å²) in [5.41, 5.74) is 0.701. The van der Waals surface area contributed by atoms with Crippen molar-refractivity contribution >= 4 is 33.5 Å². The number of hydrogen-bond donors (Lipinski definition) is 2. The highest BCUT2D eigenvalue weighted by molar-refractivity contribution is 9.10. The van der Waals surface area contributed by atoms with E-state index in [0.717, 1.165) is 4.47 Å². The minimum Gasteiger partial charge on any atom is -0.481 e. The molecule has 1 amide bonds. The number of rotatable bonds is 6. The highest BCUT2D eigenvalue weighted by Crippen LogP contribution is 2.20. The third-order valence-corrected chi connectivity index (χ3v) is 3.26. The second kappa shape index (κ2) is 7.25. The molecule has 0 aliphatic carbocycles. The fourth-order valence-electron chi connectivity index (χ4n) is 1.61. The first-order chi connectivity index (χ1) is 8.90. The van der Waals surface area contributed by atoms with E-state index in [1.165, 1.54) is 0 Å². The molecule has 0 radical (unpaired) electrons. The maximum atomic E-state index is 11.8. The number of benzene rings is 1. The molecule has 2 N–H and O–H groups in total. The van der Waals surface area contributed by atoms with E-state index in [-0.39, 0.29) is 12.5 Å². The third kappa shape index (κ3) is 5.40. The predicted octanol–water partition coefficient (Wildman–Crippen LogP) is 2.04. The van der Waals surface area contributed by atoms with Crippen LogP contribution in [0.25, 0.3) is 0 Å². The van der Waals surface area contributed by atoms with Crippen LogP contribution in [0.4, 0.5) is 5.69 Å². The Labute approximate surface area is 120 Å². The summed E-state index contributed by atoms with van der Waals surface area (Å²) in [4.78, 5) is 24.2. The molecule has 1 rings (SSSR count). The fourth-order valence-corrected chi connectivity index (χ4v) is 1.99. The quantitative estimate of drug-likeness (QED) is 0.838. The molecular formula is C13H17BrN2O3. The number of para-hydroxylation sites is 1. The van der Waals surface area contributed by atoms with Gasteiger partial charge in [0.15, 0.2) is 0 Å². The first-order valence-electron chi connectivity index (χ1n) is 5.86. The molecule has 5 nitrogen and oxygen atoms in total. The molecule has 0 fully saturated rings. The van der Waals surface area contributed by atoms with Gasteiger partial charge in [-0.05, 0) is 35.1 Å². The predicted molar refractivity (Wildman–Crippen MR) is 77.1 cm³/mol. The zero-order chi connectivity index (χ0) is 14.4. The first kappa shape index (κ1) is 15.7. The van der Waals surface area contributed by atoms with E-state index in [1.54, 1.807) is 24.9 Å². The summed E-state index contributed by atoms with van der Waals surface area (Å²) in [6.07, 6.45) is 0. The summed E-state index contributed by atoms with van der Waals surface area (Å²) < 4.78 is 0.810. The summed E-state index contributed by atoms with van der Waals surface area (Å²) in [7, 11) is 1.72. The molecule has 0 saturated carbocycles. The van der Waals surface area contributed by atoms with Gasteiger partial charge in [-0.2, -0.15) is 0 Å². The summed E-state index contributed by atoms with van der Waals surface area (Å²) in [5.74, 6) is -1.54. The number of anilines is 1. The van der Waals surface area contributed by atoms with Gasteiger partial charge >= 0.3 is 5.97 Å². The average molecular weight is 329 g/mol. The number of aliphatic carboxylic acids is 1. The number of amides is 1. The van der Waals surface area contributed by atoms with Crippen molar-refractivity contribution in [3.63, 3.8) is 0 Å². The minimum atomic E-state index is -0.863. The topological polar surface area (TPSA) is 69.6 Å². The van der Waals surface area contributed by atoms with Crippen LogP contribution in [0, 0.1) is 5.92 Å². The molecule has 0 aliphatic heterocycles. The van der Waals surface area contributed by atoms with Gasteiger partial charge in [-0.15, -0.1) is 0 Å². The van der Waals surface area contributed by atoms with Crippen molar-refractivity contribution in [2.45, 2.75) is 6.92 Å². The maximum Gasteiger partial charge on any atom is 0.307 e. The van der Waals surface area contributed by atoms with Crippen molar-refractivity contribution in [2.24, 2.45) is 5.92 Å². The molecule has 19 heavy (non-hydrogen) atoms. The van der Waals surface area contributed by atoms with Gasteiger partial charge < -0.3 is 10.4 Å². The SMILES string of the molecule is CC(CN(C)CC(=O)Nc1ccccc1Br)C(=O)O. The molecule has 0 bridgehead atoms. The molecule has 0 spiro atoms. The third-order valence-electron chi connectivity index (χ3n) is 2.57. The molecule has 1 aromatic carbocycles. The lowest BCUT2D eigenvalue weighted by Crippen LogP contribution is -2.35. The van der Waals surface area contributed by atoms with Gasteiger partial charge in [0.1, 0.15) is 0 Å². The van der Waals surface area contributed by atoms with E-state index in [1.807, 2.05) is 18.2 Å². The Kier molecular flexibility index (Phi) is 5.98. The van der Waals surface area contributed by atoms with Gasteiger partial charge in [0, 0.05) is 11.0 Å². The maximum absolute atomic E-state index is 11.8. The van der Waals surface area contributed by atoms with Crippen LogP contribution in [0.1, 0.15) is 6.92 Å². The Balaban J connectivity index is 2.47. The Hall–Kier alpha value is -1.40. The molecule has 1 aromatic rings. The number of carboxylic acids is 1.